The minimum atomic E-state index is 0.887. The van der Waals surface area contributed by atoms with Gasteiger partial charge in [0.1, 0.15) is 11.5 Å². The van der Waals surface area contributed by atoms with Crippen molar-refractivity contribution in [3.05, 3.63) is 23.3 Å². The van der Waals surface area contributed by atoms with Crippen LogP contribution >= 0.6 is 0 Å². The molecule has 0 N–H and O–H groups in total. The maximum atomic E-state index is 5.16. The first-order chi connectivity index (χ1) is 5.35. The van der Waals surface area contributed by atoms with Gasteiger partial charge in [-0.3, -0.25) is 0 Å². The zero-order valence-corrected chi connectivity index (χ0v) is 6.68. The number of rotatable bonds is 2. The molecule has 1 aromatic rings. The Balaban J connectivity index is 2.43. The van der Waals surface area contributed by atoms with Crippen LogP contribution in [0.3, 0.4) is 0 Å². The van der Waals surface area contributed by atoms with E-state index in [0.29, 0.717) is 0 Å². The highest BCUT2D eigenvalue weighted by molar-refractivity contribution is 5.58. The molecule has 0 bridgehead atoms. The van der Waals surface area contributed by atoms with Gasteiger partial charge in [-0.25, -0.2) is 0 Å². The van der Waals surface area contributed by atoms with E-state index in [1.807, 2.05) is 6.07 Å². The molecule has 1 aliphatic carbocycles. The summed E-state index contributed by atoms with van der Waals surface area (Å²) in [4.78, 5) is 0. The van der Waals surface area contributed by atoms with E-state index >= 15 is 0 Å². The largest absolute Gasteiger partial charge is 0.497 e. The van der Waals surface area contributed by atoms with Crippen LogP contribution in [-0.2, 0) is 6.42 Å². The van der Waals surface area contributed by atoms with Gasteiger partial charge >= 0.3 is 0 Å². The lowest BCUT2D eigenvalue weighted by Gasteiger charge is -2.01. The standard InChI is InChI=1S/C9H10O2/c1-10-7-3-6-4-8(6)9(5-7)11-2/h3,5H,4H2,1-2H3. The summed E-state index contributed by atoms with van der Waals surface area (Å²) in [7, 11) is 3.36. The van der Waals surface area contributed by atoms with Crippen LogP contribution in [0.25, 0.3) is 0 Å². The first kappa shape index (κ1) is 6.53. The van der Waals surface area contributed by atoms with E-state index in [4.69, 9.17) is 9.47 Å². The molecule has 0 saturated carbocycles. The summed E-state index contributed by atoms with van der Waals surface area (Å²) in [6.07, 6.45) is 1.06. The van der Waals surface area contributed by atoms with Gasteiger partial charge in [-0.15, -0.1) is 0 Å². The molecular formula is C9H10O2. The van der Waals surface area contributed by atoms with Gasteiger partial charge in [0.2, 0.25) is 0 Å². The second kappa shape index (κ2) is 2.16. The Morgan fingerprint density at radius 3 is 2.64 bits per heavy atom. The molecule has 2 rings (SSSR count). The van der Waals surface area contributed by atoms with Crippen LogP contribution in [0.1, 0.15) is 11.1 Å². The first-order valence-electron chi connectivity index (χ1n) is 3.59. The fraction of sp³-hybridized carbons (Fsp3) is 0.333. The Kier molecular flexibility index (Phi) is 1.28. The van der Waals surface area contributed by atoms with Gasteiger partial charge in [0, 0.05) is 18.1 Å². The van der Waals surface area contributed by atoms with Crippen LogP contribution in [0.2, 0.25) is 0 Å². The number of fused-ring (bicyclic) bond motifs is 1. The van der Waals surface area contributed by atoms with Crippen molar-refractivity contribution in [2.75, 3.05) is 14.2 Å². The number of hydrogen-bond acceptors (Lipinski definition) is 2. The summed E-state index contributed by atoms with van der Waals surface area (Å²) in [5, 5.41) is 0. The van der Waals surface area contributed by atoms with Crippen molar-refractivity contribution in [3.8, 4) is 11.5 Å². The van der Waals surface area contributed by atoms with Gasteiger partial charge in [0.25, 0.3) is 0 Å². The van der Waals surface area contributed by atoms with Gasteiger partial charge < -0.3 is 9.47 Å². The summed E-state index contributed by atoms with van der Waals surface area (Å²) < 4.78 is 10.3. The molecule has 2 heteroatoms. The molecule has 0 atom stereocenters. The van der Waals surface area contributed by atoms with Gasteiger partial charge in [-0.05, 0) is 11.6 Å². The first-order valence-corrected chi connectivity index (χ1v) is 3.59. The number of methoxy groups -OCH3 is 2. The lowest BCUT2D eigenvalue weighted by molar-refractivity contribution is 0.394. The van der Waals surface area contributed by atoms with Gasteiger partial charge in [-0.2, -0.15) is 0 Å². The molecule has 0 unspecified atom stereocenters. The van der Waals surface area contributed by atoms with Crippen LogP contribution in [0, 0.1) is 0 Å². The molecule has 0 spiro atoms. The Morgan fingerprint density at radius 1 is 1.18 bits per heavy atom. The second-order valence-corrected chi connectivity index (χ2v) is 2.64. The lowest BCUT2D eigenvalue weighted by atomic mass is 10.3. The summed E-state index contributed by atoms with van der Waals surface area (Å²) in [6.45, 7) is 0. The minimum Gasteiger partial charge on any atom is -0.497 e. The topological polar surface area (TPSA) is 18.5 Å². The fourth-order valence-corrected chi connectivity index (χ4v) is 1.26. The van der Waals surface area contributed by atoms with Crippen LogP contribution in [-0.4, -0.2) is 14.2 Å². The van der Waals surface area contributed by atoms with Crippen molar-refractivity contribution in [2.45, 2.75) is 6.42 Å². The van der Waals surface area contributed by atoms with Crippen LogP contribution in [0.5, 0.6) is 11.5 Å². The molecule has 1 aromatic carbocycles. The quantitative estimate of drug-likeness (QED) is 0.647. The highest BCUT2D eigenvalue weighted by Gasteiger charge is 2.23. The SMILES string of the molecule is COc1cc2c(c(OC)c1)C2. The van der Waals surface area contributed by atoms with Crippen molar-refractivity contribution in [1.82, 2.24) is 0 Å². The average molecular weight is 150 g/mol. The van der Waals surface area contributed by atoms with E-state index in [-0.39, 0.29) is 0 Å². The average Bonchev–Trinajstić information content (AvgIpc) is 2.80. The van der Waals surface area contributed by atoms with E-state index < -0.39 is 0 Å². The van der Waals surface area contributed by atoms with Crippen LogP contribution in [0.15, 0.2) is 12.1 Å². The van der Waals surface area contributed by atoms with Crippen molar-refractivity contribution in [1.29, 1.82) is 0 Å². The second-order valence-electron chi connectivity index (χ2n) is 2.64. The molecular weight excluding hydrogens is 140 g/mol. The molecule has 11 heavy (non-hydrogen) atoms. The monoisotopic (exact) mass is 150 g/mol. The predicted octanol–water partition coefficient (Wildman–Crippen LogP) is 1.61. The van der Waals surface area contributed by atoms with E-state index in [1.165, 1.54) is 11.1 Å². The fourth-order valence-electron chi connectivity index (χ4n) is 1.26. The summed E-state index contributed by atoms with van der Waals surface area (Å²) in [5.74, 6) is 1.84. The smallest absolute Gasteiger partial charge is 0.126 e. The van der Waals surface area contributed by atoms with Crippen molar-refractivity contribution in [3.63, 3.8) is 0 Å². The Morgan fingerprint density at radius 2 is 2.00 bits per heavy atom. The maximum absolute atomic E-state index is 5.16. The van der Waals surface area contributed by atoms with Crippen molar-refractivity contribution >= 4 is 0 Å². The van der Waals surface area contributed by atoms with Gasteiger partial charge in [0.05, 0.1) is 14.2 Å². The lowest BCUT2D eigenvalue weighted by Crippen LogP contribution is -1.85. The van der Waals surface area contributed by atoms with E-state index in [0.717, 1.165) is 17.9 Å². The molecule has 2 nitrogen and oxygen atoms in total. The number of ether oxygens (including phenoxy) is 2. The van der Waals surface area contributed by atoms with Crippen molar-refractivity contribution in [2.24, 2.45) is 0 Å². The molecule has 0 fully saturated rings. The number of benzene rings is 1. The third kappa shape index (κ3) is 0.946. The zero-order chi connectivity index (χ0) is 7.84. The normalized spacial score (nSPS) is 12.2. The Bertz CT molecular complexity index is 292. The molecule has 0 aromatic heterocycles. The summed E-state index contributed by atoms with van der Waals surface area (Å²) in [6, 6.07) is 3.98. The van der Waals surface area contributed by atoms with E-state index in [9.17, 15) is 0 Å². The van der Waals surface area contributed by atoms with Crippen molar-refractivity contribution < 1.29 is 9.47 Å². The highest BCUT2D eigenvalue weighted by atomic mass is 16.5. The molecule has 58 valence electrons. The summed E-state index contributed by atoms with van der Waals surface area (Å²) >= 11 is 0. The third-order valence-electron chi connectivity index (χ3n) is 1.97. The third-order valence-corrected chi connectivity index (χ3v) is 1.97. The van der Waals surface area contributed by atoms with E-state index in [2.05, 4.69) is 6.07 Å². The molecule has 1 aliphatic rings. The minimum absolute atomic E-state index is 0.887. The molecule has 0 aliphatic heterocycles. The van der Waals surface area contributed by atoms with Gasteiger partial charge in [-0.1, -0.05) is 0 Å². The summed E-state index contributed by atoms with van der Waals surface area (Å²) in [5.41, 5.74) is 2.68. The zero-order valence-electron chi connectivity index (χ0n) is 6.68. The highest BCUT2D eigenvalue weighted by Crippen LogP contribution is 2.40. The molecule has 0 heterocycles. The van der Waals surface area contributed by atoms with Crippen LogP contribution < -0.4 is 9.47 Å². The number of hydrogen-bond donors (Lipinski definition) is 0. The van der Waals surface area contributed by atoms with Gasteiger partial charge in [0.15, 0.2) is 0 Å². The van der Waals surface area contributed by atoms with Crippen LogP contribution in [0.4, 0.5) is 0 Å². The molecule has 0 amide bonds. The maximum Gasteiger partial charge on any atom is 0.126 e. The predicted molar refractivity (Wildman–Crippen MR) is 42.4 cm³/mol. The Labute approximate surface area is 65.7 Å². The molecule has 0 saturated heterocycles. The molecule has 0 radical (unpaired) electrons. The Hall–Kier alpha value is -1.18. The van der Waals surface area contributed by atoms with E-state index in [1.54, 1.807) is 14.2 Å².